The van der Waals surface area contributed by atoms with Crippen molar-refractivity contribution in [3.05, 3.63) is 28.0 Å². The molecule has 2 heterocycles. The highest BCUT2D eigenvalue weighted by Crippen LogP contribution is 2.25. The summed E-state index contributed by atoms with van der Waals surface area (Å²) in [5, 5.41) is 9.54. The fourth-order valence-corrected chi connectivity index (χ4v) is 4.38. The van der Waals surface area contributed by atoms with E-state index in [0.717, 1.165) is 10.2 Å². The summed E-state index contributed by atoms with van der Waals surface area (Å²) in [4.78, 5) is 16.4. The lowest BCUT2D eigenvalue weighted by molar-refractivity contribution is -0.118. The quantitative estimate of drug-likeness (QED) is 0.828. The second kappa shape index (κ2) is 7.48. The molecular formula is C16H17ClF3N3O2S. The van der Waals surface area contributed by atoms with Crippen LogP contribution in [0.2, 0.25) is 5.02 Å². The number of piperidine rings is 1. The van der Waals surface area contributed by atoms with Gasteiger partial charge in [-0.05, 0) is 37.0 Å². The third kappa shape index (κ3) is 4.50. The van der Waals surface area contributed by atoms with Crippen molar-refractivity contribution in [3.63, 3.8) is 0 Å². The molecule has 1 saturated heterocycles. The molecule has 0 saturated carbocycles. The standard InChI is InChI=1S/C16H17ClF3N3O2S/c17-11-1-2-12-13(7-11)26-14(21-9-16(18,19)20)23(12)8-10-3-5-22(6-4-10)15(24)25/h1-2,7,10H,3-6,8-9H2,(H,24,25). The molecule has 10 heteroatoms. The van der Waals surface area contributed by atoms with Crippen LogP contribution in [0.1, 0.15) is 12.8 Å². The van der Waals surface area contributed by atoms with Gasteiger partial charge in [0.2, 0.25) is 0 Å². The van der Waals surface area contributed by atoms with Gasteiger partial charge in [-0.1, -0.05) is 22.9 Å². The van der Waals surface area contributed by atoms with Crippen LogP contribution in [0, 0.1) is 5.92 Å². The van der Waals surface area contributed by atoms with E-state index >= 15 is 0 Å². The number of carboxylic acid groups (broad SMARTS) is 1. The molecule has 1 fully saturated rings. The van der Waals surface area contributed by atoms with E-state index < -0.39 is 18.8 Å². The van der Waals surface area contributed by atoms with Crippen molar-refractivity contribution in [3.8, 4) is 0 Å². The van der Waals surface area contributed by atoms with Crippen LogP contribution >= 0.6 is 22.9 Å². The van der Waals surface area contributed by atoms with Gasteiger partial charge in [-0.3, -0.25) is 0 Å². The number of nitrogens with zero attached hydrogens (tertiary/aromatic N) is 3. The Morgan fingerprint density at radius 1 is 1.35 bits per heavy atom. The molecule has 142 valence electrons. The number of fused-ring (bicyclic) bond motifs is 1. The maximum atomic E-state index is 12.6. The summed E-state index contributed by atoms with van der Waals surface area (Å²) in [5.74, 6) is 0.184. The molecule has 0 unspecified atom stereocenters. The topological polar surface area (TPSA) is 57.8 Å². The summed E-state index contributed by atoms with van der Waals surface area (Å²) >= 11 is 7.17. The summed E-state index contributed by atoms with van der Waals surface area (Å²) in [6, 6.07) is 5.21. The first-order valence-corrected chi connectivity index (χ1v) is 9.26. The molecule has 1 N–H and O–H groups in total. The van der Waals surface area contributed by atoms with Gasteiger partial charge < -0.3 is 14.6 Å². The number of hydrogen-bond acceptors (Lipinski definition) is 3. The molecule has 1 aliphatic heterocycles. The zero-order valence-corrected chi connectivity index (χ0v) is 15.2. The summed E-state index contributed by atoms with van der Waals surface area (Å²) in [6.07, 6.45) is -3.96. The van der Waals surface area contributed by atoms with E-state index in [-0.39, 0.29) is 5.92 Å². The largest absolute Gasteiger partial charge is 0.465 e. The Morgan fingerprint density at radius 2 is 2.04 bits per heavy atom. The minimum atomic E-state index is -4.36. The van der Waals surface area contributed by atoms with Crippen molar-refractivity contribution >= 4 is 39.2 Å². The van der Waals surface area contributed by atoms with Gasteiger partial charge in [-0.2, -0.15) is 13.2 Å². The molecular weight excluding hydrogens is 391 g/mol. The molecule has 2 aromatic rings. The highest BCUT2D eigenvalue weighted by atomic mass is 35.5. The molecule has 0 aliphatic carbocycles. The highest BCUT2D eigenvalue weighted by molar-refractivity contribution is 7.16. The molecule has 5 nitrogen and oxygen atoms in total. The van der Waals surface area contributed by atoms with Gasteiger partial charge in [0, 0.05) is 24.7 Å². The number of alkyl halides is 3. The Morgan fingerprint density at radius 3 is 2.65 bits per heavy atom. The van der Waals surface area contributed by atoms with E-state index in [9.17, 15) is 18.0 Å². The van der Waals surface area contributed by atoms with Crippen molar-refractivity contribution in [1.82, 2.24) is 9.47 Å². The van der Waals surface area contributed by atoms with Gasteiger partial charge in [0.25, 0.3) is 0 Å². The molecule has 1 aliphatic rings. The molecule has 0 atom stereocenters. The fraction of sp³-hybridized carbons (Fsp3) is 0.500. The third-order valence-electron chi connectivity index (χ3n) is 4.36. The van der Waals surface area contributed by atoms with Gasteiger partial charge in [-0.15, -0.1) is 0 Å². The number of hydrogen-bond donors (Lipinski definition) is 1. The number of amides is 1. The normalized spacial score (nSPS) is 17.2. The van der Waals surface area contributed by atoms with E-state index in [1.807, 2.05) is 0 Å². The van der Waals surface area contributed by atoms with Gasteiger partial charge in [0.05, 0.1) is 10.2 Å². The first kappa shape index (κ1) is 19.0. The van der Waals surface area contributed by atoms with Crippen LogP contribution in [-0.4, -0.2) is 46.5 Å². The van der Waals surface area contributed by atoms with E-state index in [1.165, 1.54) is 16.2 Å². The molecule has 1 amide bonds. The van der Waals surface area contributed by atoms with Crippen LogP contribution in [0.4, 0.5) is 18.0 Å². The van der Waals surface area contributed by atoms with E-state index in [4.69, 9.17) is 16.7 Å². The molecule has 0 bridgehead atoms. The summed E-state index contributed by atoms with van der Waals surface area (Å²) in [7, 11) is 0. The predicted octanol–water partition coefficient (Wildman–Crippen LogP) is 4.21. The second-order valence-corrected chi connectivity index (χ2v) is 7.70. The predicted molar refractivity (Wildman–Crippen MR) is 93.6 cm³/mol. The summed E-state index contributed by atoms with van der Waals surface area (Å²) in [6.45, 7) is 0.143. The average Bonchev–Trinajstić information content (AvgIpc) is 2.89. The van der Waals surface area contributed by atoms with Crippen LogP contribution < -0.4 is 4.80 Å². The maximum Gasteiger partial charge on any atom is 0.408 e. The smallest absolute Gasteiger partial charge is 0.408 e. The Hall–Kier alpha value is -1.74. The SMILES string of the molecule is O=C(O)N1CCC(Cn2c(=NCC(F)(F)F)sc3cc(Cl)ccc32)CC1. The zero-order valence-electron chi connectivity index (χ0n) is 13.7. The van der Waals surface area contributed by atoms with Gasteiger partial charge in [0.15, 0.2) is 4.80 Å². The van der Waals surface area contributed by atoms with Crippen molar-refractivity contribution in [1.29, 1.82) is 0 Å². The van der Waals surface area contributed by atoms with Crippen LogP contribution in [-0.2, 0) is 6.54 Å². The van der Waals surface area contributed by atoms with Crippen molar-refractivity contribution in [2.45, 2.75) is 25.6 Å². The lowest BCUT2D eigenvalue weighted by atomic mass is 9.97. The number of aromatic nitrogens is 1. The van der Waals surface area contributed by atoms with Gasteiger partial charge >= 0.3 is 12.3 Å². The van der Waals surface area contributed by atoms with Gasteiger partial charge in [-0.25, -0.2) is 9.79 Å². The fourth-order valence-electron chi connectivity index (χ4n) is 3.07. The zero-order chi connectivity index (χ0) is 18.9. The van der Waals surface area contributed by atoms with Crippen LogP contribution in [0.5, 0.6) is 0 Å². The summed E-state index contributed by atoms with van der Waals surface area (Å²) < 4.78 is 40.3. The Kier molecular flexibility index (Phi) is 5.47. The lowest BCUT2D eigenvalue weighted by Crippen LogP contribution is -2.39. The number of carbonyl (C=O) groups is 1. The summed E-state index contributed by atoms with van der Waals surface area (Å²) in [5.41, 5.74) is 0.793. The Labute approximate surface area is 156 Å². The molecule has 1 aromatic heterocycles. The molecule has 26 heavy (non-hydrogen) atoms. The van der Waals surface area contributed by atoms with Gasteiger partial charge in [0.1, 0.15) is 6.54 Å². The highest BCUT2D eigenvalue weighted by Gasteiger charge is 2.27. The van der Waals surface area contributed by atoms with Crippen molar-refractivity contribution in [2.75, 3.05) is 19.6 Å². The first-order valence-electron chi connectivity index (χ1n) is 8.07. The van der Waals surface area contributed by atoms with E-state index in [2.05, 4.69) is 4.99 Å². The number of thiazole rings is 1. The monoisotopic (exact) mass is 407 g/mol. The number of likely N-dealkylation sites (tertiary alicyclic amines) is 1. The molecule has 0 radical (unpaired) electrons. The molecule has 0 spiro atoms. The molecule has 1 aromatic carbocycles. The van der Waals surface area contributed by atoms with Crippen LogP contribution in [0.3, 0.4) is 0 Å². The van der Waals surface area contributed by atoms with Crippen molar-refractivity contribution in [2.24, 2.45) is 10.9 Å². The van der Waals surface area contributed by atoms with Crippen molar-refractivity contribution < 1.29 is 23.1 Å². The maximum absolute atomic E-state index is 12.6. The molecule has 3 rings (SSSR count). The van der Waals surface area contributed by atoms with Crippen LogP contribution in [0.25, 0.3) is 10.2 Å². The van der Waals surface area contributed by atoms with E-state index in [0.29, 0.717) is 42.3 Å². The second-order valence-electron chi connectivity index (χ2n) is 6.25. The minimum absolute atomic E-state index is 0.184. The third-order valence-corrected chi connectivity index (χ3v) is 5.68. The number of benzene rings is 1. The average molecular weight is 408 g/mol. The lowest BCUT2D eigenvalue weighted by Gasteiger charge is -2.30. The first-order chi connectivity index (χ1) is 12.2. The van der Waals surface area contributed by atoms with E-state index in [1.54, 1.807) is 22.8 Å². The number of rotatable bonds is 3. The Bertz CT molecular complexity index is 870. The number of halogens is 4. The minimum Gasteiger partial charge on any atom is -0.465 e. The Balaban J connectivity index is 1.89. The van der Waals surface area contributed by atoms with Crippen LogP contribution in [0.15, 0.2) is 23.2 Å².